The van der Waals surface area contributed by atoms with Crippen LogP contribution >= 0.6 is 22.9 Å². The topological polar surface area (TPSA) is 66.4 Å². The molecule has 0 radical (unpaired) electrons. The first kappa shape index (κ1) is 19.8. The van der Waals surface area contributed by atoms with E-state index in [0.717, 1.165) is 11.3 Å². The fourth-order valence-corrected chi connectivity index (χ4v) is 3.71. The average Bonchev–Trinajstić information content (AvgIpc) is 3.17. The summed E-state index contributed by atoms with van der Waals surface area (Å²) in [5, 5.41) is 8.65. The van der Waals surface area contributed by atoms with Crippen LogP contribution in [0.1, 0.15) is 20.8 Å². The fraction of sp³-hybridized carbons (Fsp3) is 0. The van der Waals surface area contributed by atoms with Crippen LogP contribution in [0.15, 0.2) is 90.0 Å². The second-order valence-corrected chi connectivity index (χ2v) is 7.74. The predicted molar refractivity (Wildman–Crippen MR) is 124 cm³/mol. The molecule has 4 rings (SSSR count). The molecule has 0 atom stereocenters. The molecule has 0 spiro atoms. The summed E-state index contributed by atoms with van der Waals surface area (Å²) in [7, 11) is 0. The Hall–Kier alpha value is -3.48. The van der Waals surface area contributed by atoms with Crippen molar-refractivity contribution < 1.29 is 4.79 Å². The van der Waals surface area contributed by atoms with Crippen molar-refractivity contribution in [2.24, 2.45) is 5.10 Å². The van der Waals surface area contributed by atoms with Crippen LogP contribution in [0.4, 0.5) is 16.6 Å². The monoisotopic (exact) mass is 432 g/mol. The lowest BCUT2D eigenvalue weighted by molar-refractivity contribution is 0.104. The molecule has 1 aromatic heterocycles. The van der Waals surface area contributed by atoms with E-state index in [1.54, 1.807) is 30.5 Å². The quantitative estimate of drug-likeness (QED) is 0.207. The Labute approximate surface area is 183 Å². The number of rotatable bonds is 7. The maximum absolute atomic E-state index is 13.1. The van der Waals surface area contributed by atoms with Crippen molar-refractivity contribution in [2.75, 3.05) is 10.7 Å². The number of nitrogens with zero attached hydrogens (tertiary/aromatic N) is 2. The van der Waals surface area contributed by atoms with Gasteiger partial charge >= 0.3 is 0 Å². The molecule has 0 unspecified atom stereocenters. The zero-order valence-corrected chi connectivity index (χ0v) is 17.3. The zero-order chi connectivity index (χ0) is 20.8. The summed E-state index contributed by atoms with van der Waals surface area (Å²) in [5.74, 6) is 0.244. The summed E-state index contributed by atoms with van der Waals surface area (Å²) >= 11 is 7.22. The van der Waals surface area contributed by atoms with Crippen molar-refractivity contribution in [1.82, 2.24) is 4.98 Å². The number of halogens is 1. The first-order valence-electron chi connectivity index (χ1n) is 9.16. The molecule has 7 heteroatoms. The number of anilines is 3. The Morgan fingerprint density at radius 3 is 2.30 bits per heavy atom. The van der Waals surface area contributed by atoms with Gasteiger partial charge in [-0.2, -0.15) is 5.10 Å². The van der Waals surface area contributed by atoms with Gasteiger partial charge in [-0.1, -0.05) is 71.5 Å². The van der Waals surface area contributed by atoms with Gasteiger partial charge in [-0.3, -0.25) is 10.2 Å². The van der Waals surface area contributed by atoms with E-state index >= 15 is 0 Å². The lowest BCUT2D eigenvalue weighted by Crippen LogP contribution is -2.03. The molecule has 0 amide bonds. The third-order valence-electron chi connectivity index (χ3n) is 4.15. The third-order valence-corrected chi connectivity index (χ3v) is 5.37. The number of carbonyl (C=O) groups is 1. The molecule has 3 aromatic carbocycles. The Morgan fingerprint density at radius 2 is 1.60 bits per heavy atom. The fourth-order valence-electron chi connectivity index (χ4n) is 2.69. The number of hydrogen-bond donors (Lipinski definition) is 2. The lowest BCUT2D eigenvalue weighted by Gasteiger charge is -2.01. The maximum Gasteiger partial charge on any atom is 0.206 e. The van der Waals surface area contributed by atoms with Crippen molar-refractivity contribution in [3.05, 3.63) is 106 Å². The summed E-state index contributed by atoms with van der Waals surface area (Å²) < 4.78 is 0. The third kappa shape index (κ3) is 4.92. The highest BCUT2D eigenvalue weighted by atomic mass is 35.5. The van der Waals surface area contributed by atoms with E-state index in [1.165, 1.54) is 11.3 Å². The number of hydrogen-bond acceptors (Lipinski definition) is 6. The minimum Gasteiger partial charge on any atom is -0.331 e. The Kier molecular flexibility index (Phi) is 6.17. The van der Waals surface area contributed by atoms with Gasteiger partial charge < -0.3 is 5.32 Å². The molecule has 0 aliphatic carbocycles. The summed E-state index contributed by atoms with van der Waals surface area (Å²) in [6.07, 6.45) is 1.68. The second-order valence-electron chi connectivity index (χ2n) is 6.30. The number of thiazole rings is 1. The second kappa shape index (κ2) is 9.35. The van der Waals surface area contributed by atoms with Crippen LogP contribution in [0.25, 0.3) is 0 Å². The van der Waals surface area contributed by atoms with Crippen molar-refractivity contribution in [1.29, 1.82) is 0 Å². The van der Waals surface area contributed by atoms with Gasteiger partial charge in [0.1, 0.15) is 4.88 Å². The SMILES string of the molecule is O=C(c1ccc(Cl)cc1)c1sc(Nc2ccccc2)nc1N/N=C/c1ccccc1. The summed E-state index contributed by atoms with van der Waals surface area (Å²) in [4.78, 5) is 18.1. The van der Waals surface area contributed by atoms with Gasteiger partial charge in [0, 0.05) is 16.3 Å². The Bertz CT molecular complexity index is 1160. The van der Waals surface area contributed by atoms with Crippen molar-refractivity contribution in [3.63, 3.8) is 0 Å². The molecule has 148 valence electrons. The zero-order valence-electron chi connectivity index (χ0n) is 15.7. The molecule has 0 saturated heterocycles. The van der Waals surface area contributed by atoms with E-state index in [-0.39, 0.29) is 5.78 Å². The van der Waals surface area contributed by atoms with Crippen LogP contribution in [0.5, 0.6) is 0 Å². The van der Waals surface area contributed by atoms with Crippen LogP contribution in [0, 0.1) is 0 Å². The summed E-state index contributed by atoms with van der Waals surface area (Å²) in [5.41, 5.74) is 5.27. The average molecular weight is 433 g/mol. The van der Waals surface area contributed by atoms with Crippen molar-refractivity contribution >= 4 is 51.6 Å². The van der Waals surface area contributed by atoms with Gasteiger partial charge in [-0.05, 0) is 42.0 Å². The molecule has 30 heavy (non-hydrogen) atoms. The summed E-state index contributed by atoms with van der Waals surface area (Å²) in [6.45, 7) is 0. The van der Waals surface area contributed by atoms with E-state index in [9.17, 15) is 4.79 Å². The number of benzene rings is 3. The van der Waals surface area contributed by atoms with Gasteiger partial charge in [-0.15, -0.1) is 0 Å². The molecule has 1 heterocycles. The largest absolute Gasteiger partial charge is 0.331 e. The standard InChI is InChI=1S/C23H17ClN4OS/c24-18-13-11-17(12-14-18)20(29)21-22(28-25-15-16-7-3-1-4-8-16)27-23(30-21)26-19-9-5-2-6-10-19/h1-15,28H,(H,26,27)/b25-15+. The molecule has 0 saturated carbocycles. The molecule has 0 fully saturated rings. The number of carbonyl (C=O) groups excluding carboxylic acids is 1. The minimum absolute atomic E-state index is 0.150. The first-order valence-corrected chi connectivity index (χ1v) is 10.4. The van der Waals surface area contributed by atoms with Gasteiger partial charge in [0.25, 0.3) is 0 Å². The highest BCUT2D eigenvalue weighted by molar-refractivity contribution is 7.18. The Balaban J connectivity index is 1.62. The van der Waals surface area contributed by atoms with Gasteiger partial charge in [0.2, 0.25) is 5.78 Å². The van der Waals surface area contributed by atoms with Crippen LogP contribution in [-0.2, 0) is 0 Å². The Morgan fingerprint density at radius 1 is 0.933 bits per heavy atom. The number of para-hydroxylation sites is 1. The number of hydrazone groups is 1. The molecule has 4 aromatic rings. The highest BCUT2D eigenvalue weighted by Crippen LogP contribution is 2.31. The number of nitrogens with one attached hydrogen (secondary N) is 2. The molecular formula is C23H17ClN4OS. The first-order chi connectivity index (χ1) is 14.7. The summed E-state index contributed by atoms with van der Waals surface area (Å²) in [6, 6.07) is 26.1. The van der Waals surface area contributed by atoms with Crippen molar-refractivity contribution in [3.8, 4) is 0 Å². The number of ketones is 1. The van der Waals surface area contributed by atoms with Gasteiger partial charge in [0.15, 0.2) is 10.9 Å². The van der Waals surface area contributed by atoms with E-state index in [2.05, 4.69) is 20.8 Å². The van der Waals surface area contributed by atoms with E-state index in [0.29, 0.717) is 26.4 Å². The normalized spacial score (nSPS) is 10.8. The van der Waals surface area contributed by atoms with Crippen LogP contribution < -0.4 is 10.7 Å². The highest BCUT2D eigenvalue weighted by Gasteiger charge is 2.20. The molecule has 0 aliphatic heterocycles. The molecule has 2 N–H and O–H groups in total. The van der Waals surface area contributed by atoms with E-state index in [1.807, 2.05) is 60.7 Å². The molecule has 0 aliphatic rings. The predicted octanol–water partition coefficient (Wildman–Crippen LogP) is 6.22. The lowest BCUT2D eigenvalue weighted by atomic mass is 10.1. The van der Waals surface area contributed by atoms with E-state index in [4.69, 9.17) is 11.6 Å². The maximum atomic E-state index is 13.1. The van der Waals surface area contributed by atoms with Crippen LogP contribution in [0.3, 0.4) is 0 Å². The molecular weight excluding hydrogens is 416 g/mol. The minimum atomic E-state index is -0.150. The van der Waals surface area contributed by atoms with E-state index < -0.39 is 0 Å². The van der Waals surface area contributed by atoms with Crippen LogP contribution in [-0.4, -0.2) is 17.0 Å². The van der Waals surface area contributed by atoms with Gasteiger partial charge in [0.05, 0.1) is 6.21 Å². The molecule has 0 bridgehead atoms. The number of aromatic nitrogens is 1. The van der Waals surface area contributed by atoms with Crippen molar-refractivity contribution in [2.45, 2.75) is 0 Å². The van der Waals surface area contributed by atoms with Gasteiger partial charge in [-0.25, -0.2) is 4.98 Å². The molecule has 5 nitrogen and oxygen atoms in total. The van der Waals surface area contributed by atoms with Crippen LogP contribution in [0.2, 0.25) is 5.02 Å². The smallest absolute Gasteiger partial charge is 0.206 e.